The normalized spacial score (nSPS) is 16.8. The second-order valence-electron chi connectivity index (χ2n) is 7.39. The number of nitrogens with one attached hydrogen (secondary N) is 1. The van der Waals surface area contributed by atoms with Crippen LogP contribution >= 0.6 is 0 Å². The van der Waals surface area contributed by atoms with Crippen LogP contribution in [-0.2, 0) is 6.42 Å². The van der Waals surface area contributed by atoms with Crippen LogP contribution in [0.3, 0.4) is 0 Å². The molecule has 1 saturated heterocycles. The molecule has 1 atom stereocenters. The number of para-hydroxylation sites is 1. The van der Waals surface area contributed by atoms with Crippen LogP contribution in [0, 0.1) is 0 Å². The second-order valence-corrected chi connectivity index (χ2v) is 7.39. The molecule has 150 valence electrons. The summed E-state index contributed by atoms with van der Waals surface area (Å²) in [6.07, 6.45) is 4.21. The quantitative estimate of drug-likeness (QED) is 0.651. The van der Waals surface area contributed by atoms with E-state index >= 15 is 0 Å². The minimum atomic E-state index is -0.120. The predicted octanol–water partition coefficient (Wildman–Crippen LogP) is 3.62. The molecule has 2 aromatic rings. The molecule has 5 heteroatoms. The van der Waals surface area contributed by atoms with Crippen LogP contribution in [0.15, 0.2) is 48.5 Å². The van der Waals surface area contributed by atoms with Crippen LogP contribution in [-0.4, -0.2) is 48.2 Å². The van der Waals surface area contributed by atoms with Gasteiger partial charge in [-0.05, 0) is 75.0 Å². The highest BCUT2D eigenvalue weighted by Gasteiger charge is 2.19. The van der Waals surface area contributed by atoms with Crippen molar-refractivity contribution in [1.29, 1.82) is 0 Å². The van der Waals surface area contributed by atoms with E-state index in [0.717, 1.165) is 24.3 Å². The van der Waals surface area contributed by atoms with E-state index in [1.54, 1.807) is 24.3 Å². The van der Waals surface area contributed by atoms with Crippen molar-refractivity contribution < 1.29 is 14.6 Å². The Morgan fingerprint density at radius 1 is 1.21 bits per heavy atom. The van der Waals surface area contributed by atoms with Gasteiger partial charge in [-0.25, -0.2) is 0 Å². The summed E-state index contributed by atoms with van der Waals surface area (Å²) < 4.78 is 5.80. The molecule has 1 heterocycles. The van der Waals surface area contributed by atoms with Gasteiger partial charge in [0, 0.05) is 24.7 Å². The number of nitrogens with zero attached hydrogens (tertiary/aromatic N) is 1. The van der Waals surface area contributed by atoms with E-state index in [9.17, 15) is 9.90 Å². The van der Waals surface area contributed by atoms with Gasteiger partial charge in [0.2, 0.25) is 0 Å². The molecule has 1 fully saturated rings. The molecule has 1 aliphatic rings. The summed E-state index contributed by atoms with van der Waals surface area (Å²) in [4.78, 5) is 14.8. The highest BCUT2D eigenvalue weighted by Crippen LogP contribution is 2.17. The van der Waals surface area contributed by atoms with E-state index in [4.69, 9.17) is 4.74 Å². The highest BCUT2D eigenvalue weighted by atomic mass is 16.5. The fourth-order valence-electron chi connectivity index (χ4n) is 3.62. The molecule has 1 unspecified atom stereocenters. The molecule has 1 aliphatic heterocycles. The summed E-state index contributed by atoms with van der Waals surface area (Å²) in [6, 6.07) is 15.1. The summed E-state index contributed by atoms with van der Waals surface area (Å²) in [7, 11) is 0. The molecule has 0 aliphatic carbocycles. The number of phenols is 1. The van der Waals surface area contributed by atoms with Gasteiger partial charge in [-0.3, -0.25) is 4.79 Å². The fourth-order valence-corrected chi connectivity index (χ4v) is 3.62. The Labute approximate surface area is 167 Å². The van der Waals surface area contributed by atoms with Crippen molar-refractivity contribution in [3.8, 4) is 11.5 Å². The summed E-state index contributed by atoms with van der Waals surface area (Å²) in [6.45, 7) is 5.74. The van der Waals surface area contributed by atoms with Crippen LogP contribution in [0.4, 0.5) is 0 Å². The molecular weight excluding hydrogens is 352 g/mol. The van der Waals surface area contributed by atoms with Crippen LogP contribution < -0.4 is 10.1 Å². The number of carbonyl (C=O) groups excluding carboxylic acids is 1. The van der Waals surface area contributed by atoms with Crippen LogP contribution in [0.5, 0.6) is 11.5 Å². The molecule has 0 aromatic heterocycles. The maximum atomic E-state index is 12.2. The maximum Gasteiger partial charge on any atom is 0.251 e. The lowest BCUT2D eigenvalue weighted by molar-refractivity contribution is 0.0954. The molecule has 2 N–H and O–H groups in total. The zero-order chi connectivity index (χ0) is 19.8. The number of benzene rings is 2. The van der Waals surface area contributed by atoms with E-state index in [2.05, 4.69) is 17.1 Å². The molecule has 3 rings (SSSR count). The third kappa shape index (κ3) is 5.73. The highest BCUT2D eigenvalue weighted by molar-refractivity contribution is 5.94. The molecule has 0 bridgehead atoms. The standard InChI is InChI=1S/C23H30N2O3/c1-18-6-4-15-25(18)16-5-17-28-21-11-9-20(10-12-21)23(27)24-14-13-19-7-2-3-8-22(19)26/h2-3,7-12,18,26H,4-6,13-17H2,1H3,(H,24,27). The number of ether oxygens (including phenoxy) is 1. The minimum absolute atomic E-state index is 0.120. The summed E-state index contributed by atoms with van der Waals surface area (Å²) in [5.41, 5.74) is 1.44. The first-order valence-corrected chi connectivity index (χ1v) is 10.2. The van der Waals surface area contributed by atoms with Crippen molar-refractivity contribution in [3.05, 3.63) is 59.7 Å². The van der Waals surface area contributed by atoms with Gasteiger partial charge in [0.1, 0.15) is 11.5 Å². The zero-order valence-electron chi connectivity index (χ0n) is 16.6. The SMILES string of the molecule is CC1CCCN1CCCOc1ccc(C(=O)NCCc2ccccc2O)cc1. The topological polar surface area (TPSA) is 61.8 Å². The van der Waals surface area contributed by atoms with E-state index in [0.29, 0.717) is 31.2 Å². The van der Waals surface area contributed by atoms with Crippen molar-refractivity contribution in [2.75, 3.05) is 26.2 Å². The molecule has 2 aromatic carbocycles. The molecule has 28 heavy (non-hydrogen) atoms. The first-order valence-electron chi connectivity index (χ1n) is 10.2. The van der Waals surface area contributed by atoms with E-state index in [1.807, 2.05) is 24.3 Å². The van der Waals surface area contributed by atoms with Gasteiger partial charge in [-0.1, -0.05) is 18.2 Å². The number of hydrogen-bond donors (Lipinski definition) is 2. The Morgan fingerprint density at radius 3 is 2.71 bits per heavy atom. The Balaban J connectivity index is 1.37. The van der Waals surface area contributed by atoms with Crippen molar-refractivity contribution >= 4 is 5.91 Å². The van der Waals surface area contributed by atoms with Gasteiger partial charge in [0.15, 0.2) is 0 Å². The number of phenolic OH excluding ortho intramolecular Hbond substituents is 1. The number of amides is 1. The fraction of sp³-hybridized carbons (Fsp3) is 0.435. The number of carbonyl (C=O) groups is 1. The first-order chi connectivity index (χ1) is 13.6. The molecule has 0 saturated carbocycles. The maximum absolute atomic E-state index is 12.2. The summed E-state index contributed by atoms with van der Waals surface area (Å²) in [5.74, 6) is 0.933. The van der Waals surface area contributed by atoms with Crippen molar-refractivity contribution in [3.63, 3.8) is 0 Å². The monoisotopic (exact) mass is 382 g/mol. The van der Waals surface area contributed by atoms with E-state index in [1.165, 1.54) is 19.4 Å². The van der Waals surface area contributed by atoms with Crippen LogP contribution in [0.25, 0.3) is 0 Å². The number of rotatable bonds is 9. The molecule has 0 radical (unpaired) electrons. The Morgan fingerprint density at radius 2 is 2.00 bits per heavy atom. The van der Waals surface area contributed by atoms with Gasteiger partial charge in [-0.2, -0.15) is 0 Å². The van der Waals surface area contributed by atoms with E-state index in [-0.39, 0.29) is 11.7 Å². The average molecular weight is 383 g/mol. The van der Waals surface area contributed by atoms with Gasteiger partial charge >= 0.3 is 0 Å². The largest absolute Gasteiger partial charge is 0.508 e. The Bertz CT molecular complexity index is 761. The molecule has 5 nitrogen and oxygen atoms in total. The second kappa shape index (κ2) is 10.1. The average Bonchev–Trinajstić information content (AvgIpc) is 3.12. The summed E-state index contributed by atoms with van der Waals surface area (Å²) in [5, 5.41) is 12.6. The summed E-state index contributed by atoms with van der Waals surface area (Å²) >= 11 is 0. The third-order valence-corrected chi connectivity index (χ3v) is 5.34. The van der Waals surface area contributed by atoms with Gasteiger partial charge in [-0.15, -0.1) is 0 Å². The number of likely N-dealkylation sites (tertiary alicyclic amines) is 1. The van der Waals surface area contributed by atoms with Gasteiger partial charge in [0.05, 0.1) is 6.61 Å². The molecule has 1 amide bonds. The van der Waals surface area contributed by atoms with E-state index < -0.39 is 0 Å². The lowest BCUT2D eigenvalue weighted by atomic mass is 10.1. The third-order valence-electron chi connectivity index (χ3n) is 5.34. The van der Waals surface area contributed by atoms with Crippen molar-refractivity contribution in [1.82, 2.24) is 10.2 Å². The lowest BCUT2D eigenvalue weighted by Crippen LogP contribution is -2.28. The zero-order valence-corrected chi connectivity index (χ0v) is 16.6. The smallest absolute Gasteiger partial charge is 0.251 e. The van der Waals surface area contributed by atoms with Gasteiger partial charge in [0.25, 0.3) is 5.91 Å². The van der Waals surface area contributed by atoms with Crippen molar-refractivity contribution in [2.45, 2.75) is 38.6 Å². The predicted molar refractivity (Wildman–Crippen MR) is 111 cm³/mol. The van der Waals surface area contributed by atoms with Crippen molar-refractivity contribution in [2.24, 2.45) is 0 Å². The Kier molecular flexibility index (Phi) is 7.31. The van der Waals surface area contributed by atoms with Gasteiger partial charge < -0.3 is 20.1 Å². The Hall–Kier alpha value is -2.53. The lowest BCUT2D eigenvalue weighted by Gasteiger charge is -2.20. The minimum Gasteiger partial charge on any atom is -0.508 e. The van der Waals surface area contributed by atoms with Crippen LogP contribution in [0.1, 0.15) is 42.1 Å². The molecule has 0 spiro atoms. The van der Waals surface area contributed by atoms with Crippen LogP contribution in [0.2, 0.25) is 0 Å². The first kappa shape index (κ1) is 20.2. The number of hydrogen-bond acceptors (Lipinski definition) is 4. The molecular formula is C23H30N2O3. The number of aromatic hydroxyl groups is 1.